The minimum atomic E-state index is -0.0672. The maximum atomic E-state index is 11.7. The van der Waals surface area contributed by atoms with Gasteiger partial charge in [-0.1, -0.05) is 37.3 Å². The zero-order chi connectivity index (χ0) is 10.8. The second-order valence-electron chi connectivity index (χ2n) is 4.24. The van der Waals surface area contributed by atoms with Crippen LogP contribution in [0.2, 0.25) is 0 Å². The summed E-state index contributed by atoms with van der Waals surface area (Å²) in [5.41, 5.74) is 1.10. The van der Waals surface area contributed by atoms with Crippen molar-refractivity contribution in [3.63, 3.8) is 0 Å². The summed E-state index contributed by atoms with van der Waals surface area (Å²) in [7, 11) is 0. The molecule has 80 valence electrons. The van der Waals surface area contributed by atoms with Crippen molar-refractivity contribution in [3.05, 3.63) is 35.9 Å². The highest BCUT2D eigenvalue weighted by molar-refractivity contribution is 5.82. The van der Waals surface area contributed by atoms with Gasteiger partial charge in [0.15, 0.2) is 0 Å². The molecule has 0 aliphatic carbocycles. The number of rotatable bonds is 1. The van der Waals surface area contributed by atoms with Gasteiger partial charge in [0.05, 0.1) is 12.2 Å². The van der Waals surface area contributed by atoms with Crippen molar-refractivity contribution in [3.8, 4) is 0 Å². The first-order chi connectivity index (χ1) is 7.18. The summed E-state index contributed by atoms with van der Waals surface area (Å²) in [6.07, 6.45) is 0.520. The van der Waals surface area contributed by atoms with Crippen molar-refractivity contribution in [2.24, 2.45) is 5.92 Å². The van der Waals surface area contributed by atoms with Gasteiger partial charge in [-0.25, -0.2) is 0 Å². The molecule has 0 spiro atoms. The largest absolute Gasteiger partial charge is 0.369 e. The molecule has 2 heteroatoms. The molecule has 0 N–H and O–H groups in total. The van der Waals surface area contributed by atoms with E-state index in [1.165, 1.54) is 0 Å². The van der Waals surface area contributed by atoms with E-state index in [2.05, 4.69) is 0 Å². The number of hydrogen-bond donors (Lipinski definition) is 0. The van der Waals surface area contributed by atoms with Crippen LogP contribution in [0.4, 0.5) is 0 Å². The molecule has 1 saturated heterocycles. The number of ether oxygens (including phenoxy) is 1. The summed E-state index contributed by atoms with van der Waals surface area (Å²) in [4.78, 5) is 11.7. The molecule has 0 amide bonds. The summed E-state index contributed by atoms with van der Waals surface area (Å²) < 4.78 is 5.83. The molecule has 2 rings (SSSR count). The lowest BCUT2D eigenvalue weighted by molar-refractivity contribution is -0.143. The van der Waals surface area contributed by atoms with E-state index in [9.17, 15) is 4.79 Å². The predicted molar refractivity (Wildman–Crippen MR) is 58.5 cm³/mol. The van der Waals surface area contributed by atoms with Crippen LogP contribution in [-0.2, 0) is 9.53 Å². The Kier molecular flexibility index (Phi) is 2.87. The fourth-order valence-electron chi connectivity index (χ4n) is 2.06. The van der Waals surface area contributed by atoms with Crippen LogP contribution in [0.1, 0.15) is 31.9 Å². The van der Waals surface area contributed by atoms with E-state index in [1.54, 1.807) is 0 Å². The number of ketones is 1. The summed E-state index contributed by atoms with van der Waals surface area (Å²) in [5.74, 6) is 0.284. The van der Waals surface area contributed by atoms with Crippen molar-refractivity contribution < 1.29 is 9.53 Å². The highest BCUT2D eigenvalue weighted by Crippen LogP contribution is 2.33. The first-order valence-corrected chi connectivity index (χ1v) is 5.41. The van der Waals surface area contributed by atoms with E-state index in [-0.39, 0.29) is 18.1 Å². The van der Waals surface area contributed by atoms with E-state index < -0.39 is 0 Å². The van der Waals surface area contributed by atoms with E-state index in [0.717, 1.165) is 5.56 Å². The Balaban J connectivity index is 2.24. The van der Waals surface area contributed by atoms with Gasteiger partial charge >= 0.3 is 0 Å². The first kappa shape index (κ1) is 10.4. The molecule has 2 nitrogen and oxygen atoms in total. The topological polar surface area (TPSA) is 26.3 Å². The zero-order valence-electron chi connectivity index (χ0n) is 9.14. The Bertz CT molecular complexity index is 345. The van der Waals surface area contributed by atoms with Gasteiger partial charge in [-0.3, -0.25) is 4.79 Å². The predicted octanol–water partition coefficient (Wildman–Crippen LogP) is 2.74. The molecule has 0 bridgehead atoms. The van der Waals surface area contributed by atoms with E-state index >= 15 is 0 Å². The Morgan fingerprint density at radius 2 is 1.87 bits per heavy atom. The van der Waals surface area contributed by atoms with Gasteiger partial charge in [-0.15, -0.1) is 0 Å². The Morgan fingerprint density at radius 1 is 1.20 bits per heavy atom. The summed E-state index contributed by atoms with van der Waals surface area (Å²) in [5, 5.41) is 0. The second kappa shape index (κ2) is 4.15. The number of benzene rings is 1. The quantitative estimate of drug-likeness (QED) is 0.703. The fraction of sp³-hybridized carbons (Fsp3) is 0.462. The van der Waals surface area contributed by atoms with Crippen LogP contribution in [0.3, 0.4) is 0 Å². The molecule has 1 aromatic rings. The van der Waals surface area contributed by atoms with Crippen LogP contribution in [0.25, 0.3) is 0 Å². The van der Waals surface area contributed by atoms with Crippen molar-refractivity contribution in [2.45, 2.75) is 32.5 Å². The number of hydrogen-bond acceptors (Lipinski definition) is 2. The standard InChI is InChI=1S/C13H16O2/c1-9-8-12(14)10(2)13(15-9)11-6-4-3-5-7-11/h3-7,9-10,13H,8H2,1-2H3. The van der Waals surface area contributed by atoms with Crippen LogP contribution < -0.4 is 0 Å². The van der Waals surface area contributed by atoms with Crippen molar-refractivity contribution in [1.29, 1.82) is 0 Å². The smallest absolute Gasteiger partial charge is 0.141 e. The highest BCUT2D eigenvalue weighted by atomic mass is 16.5. The Labute approximate surface area is 90.3 Å². The summed E-state index contributed by atoms with van der Waals surface area (Å²) in [6.45, 7) is 3.91. The molecular weight excluding hydrogens is 188 g/mol. The van der Waals surface area contributed by atoms with Crippen LogP contribution in [-0.4, -0.2) is 11.9 Å². The molecule has 0 radical (unpaired) electrons. The Morgan fingerprint density at radius 3 is 2.53 bits per heavy atom. The van der Waals surface area contributed by atoms with Crippen LogP contribution in [0.15, 0.2) is 30.3 Å². The molecule has 3 atom stereocenters. The van der Waals surface area contributed by atoms with E-state index in [0.29, 0.717) is 12.2 Å². The SMILES string of the molecule is CC1CC(=O)C(C)C(c2ccccc2)O1. The summed E-state index contributed by atoms with van der Waals surface area (Å²) >= 11 is 0. The van der Waals surface area contributed by atoms with Crippen molar-refractivity contribution >= 4 is 5.78 Å². The number of carbonyl (C=O) groups is 1. The lowest BCUT2D eigenvalue weighted by Gasteiger charge is -2.32. The lowest BCUT2D eigenvalue weighted by atomic mass is 9.88. The molecule has 15 heavy (non-hydrogen) atoms. The molecule has 1 aliphatic heterocycles. The van der Waals surface area contributed by atoms with Gasteiger partial charge in [0.1, 0.15) is 5.78 Å². The Hall–Kier alpha value is -1.15. The van der Waals surface area contributed by atoms with Crippen LogP contribution >= 0.6 is 0 Å². The minimum absolute atomic E-state index is 0.0244. The van der Waals surface area contributed by atoms with Gasteiger partial charge in [0.2, 0.25) is 0 Å². The third-order valence-corrected chi connectivity index (χ3v) is 2.96. The number of carbonyl (C=O) groups excluding carboxylic acids is 1. The van der Waals surface area contributed by atoms with Crippen molar-refractivity contribution in [1.82, 2.24) is 0 Å². The third kappa shape index (κ3) is 2.10. The van der Waals surface area contributed by atoms with Gasteiger partial charge in [0.25, 0.3) is 0 Å². The first-order valence-electron chi connectivity index (χ1n) is 5.41. The molecule has 3 unspecified atom stereocenters. The molecular formula is C13H16O2. The van der Waals surface area contributed by atoms with E-state index in [4.69, 9.17) is 4.74 Å². The minimum Gasteiger partial charge on any atom is -0.369 e. The lowest BCUT2D eigenvalue weighted by Crippen LogP contribution is -2.33. The average Bonchev–Trinajstić information content (AvgIpc) is 2.24. The fourth-order valence-corrected chi connectivity index (χ4v) is 2.06. The van der Waals surface area contributed by atoms with Gasteiger partial charge in [0, 0.05) is 12.3 Å². The molecule has 1 fully saturated rings. The maximum absolute atomic E-state index is 11.7. The number of Topliss-reactive ketones (excluding diaryl/α,β-unsaturated/α-hetero) is 1. The monoisotopic (exact) mass is 204 g/mol. The van der Waals surface area contributed by atoms with Crippen LogP contribution in [0, 0.1) is 5.92 Å². The second-order valence-corrected chi connectivity index (χ2v) is 4.24. The van der Waals surface area contributed by atoms with Gasteiger partial charge < -0.3 is 4.74 Å². The van der Waals surface area contributed by atoms with Crippen molar-refractivity contribution in [2.75, 3.05) is 0 Å². The zero-order valence-corrected chi connectivity index (χ0v) is 9.14. The maximum Gasteiger partial charge on any atom is 0.141 e. The molecule has 0 saturated carbocycles. The average molecular weight is 204 g/mol. The normalized spacial score (nSPS) is 31.6. The van der Waals surface area contributed by atoms with Gasteiger partial charge in [-0.05, 0) is 12.5 Å². The highest BCUT2D eigenvalue weighted by Gasteiger charge is 2.33. The molecule has 0 aromatic heterocycles. The van der Waals surface area contributed by atoms with E-state index in [1.807, 2.05) is 44.2 Å². The molecule has 1 heterocycles. The summed E-state index contributed by atoms with van der Waals surface area (Å²) in [6, 6.07) is 9.98. The molecule has 1 aromatic carbocycles. The third-order valence-electron chi connectivity index (χ3n) is 2.96. The van der Waals surface area contributed by atoms with Crippen LogP contribution in [0.5, 0.6) is 0 Å². The van der Waals surface area contributed by atoms with Gasteiger partial charge in [-0.2, -0.15) is 0 Å². The molecule has 1 aliphatic rings.